The molecule has 1 amide bonds. The summed E-state index contributed by atoms with van der Waals surface area (Å²) in [4.78, 5) is 16.3. The van der Waals surface area contributed by atoms with Crippen LogP contribution in [0.1, 0.15) is 5.56 Å². The normalized spacial score (nSPS) is 10.6. The molecular formula is C18H16FN3OS. The molecule has 6 heteroatoms. The van der Waals surface area contributed by atoms with Crippen LogP contribution in [0.15, 0.2) is 66.1 Å². The van der Waals surface area contributed by atoms with Crippen LogP contribution in [0.25, 0.3) is 5.69 Å². The van der Waals surface area contributed by atoms with E-state index >= 15 is 0 Å². The minimum absolute atomic E-state index is 0.194. The Morgan fingerprint density at radius 2 is 2.08 bits per heavy atom. The van der Waals surface area contributed by atoms with E-state index in [4.69, 9.17) is 0 Å². The third-order valence-electron chi connectivity index (χ3n) is 3.33. The van der Waals surface area contributed by atoms with Crippen LogP contribution in [0, 0.1) is 12.7 Å². The standard InChI is InChI=1S/C18H16FN3OS/c1-13-4-2-7-16(10-13)22-9-8-20-18(22)24-12-17(23)21-15-6-3-5-14(19)11-15/h2-11H,12H2,1H3,(H,21,23). The third kappa shape index (κ3) is 4.02. The summed E-state index contributed by atoms with van der Waals surface area (Å²) in [5.41, 5.74) is 2.60. The van der Waals surface area contributed by atoms with Crippen molar-refractivity contribution in [2.24, 2.45) is 0 Å². The van der Waals surface area contributed by atoms with E-state index in [9.17, 15) is 9.18 Å². The smallest absolute Gasteiger partial charge is 0.234 e. The number of carbonyl (C=O) groups is 1. The van der Waals surface area contributed by atoms with E-state index < -0.39 is 0 Å². The van der Waals surface area contributed by atoms with E-state index in [1.807, 2.05) is 35.9 Å². The Hall–Kier alpha value is -2.60. The minimum Gasteiger partial charge on any atom is -0.325 e. The number of aryl methyl sites for hydroxylation is 1. The molecule has 122 valence electrons. The Labute approximate surface area is 143 Å². The molecule has 0 aliphatic rings. The number of hydrogen-bond acceptors (Lipinski definition) is 3. The first-order valence-corrected chi connectivity index (χ1v) is 8.39. The van der Waals surface area contributed by atoms with Crippen LogP contribution in [0.4, 0.5) is 10.1 Å². The second kappa shape index (κ2) is 7.31. The van der Waals surface area contributed by atoms with Crippen LogP contribution in [-0.2, 0) is 4.79 Å². The maximum Gasteiger partial charge on any atom is 0.234 e. The molecule has 0 spiro atoms. The molecule has 2 aromatic carbocycles. The summed E-state index contributed by atoms with van der Waals surface area (Å²) in [5.74, 6) is -0.390. The van der Waals surface area contributed by atoms with E-state index in [0.717, 1.165) is 16.4 Å². The molecule has 0 fully saturated rings. The van der Waals surface area contributed by atoms with E-state index in [1.54, 1.807) is 18.3 Å². The molecule has 24 heavy (non-hydrogen) atoms. The van der Waals surface area contributed by atoms with Crippen molar-refractivity contribution in [2.75, 3.05) is 11.1 Å². The molecule has 0 aliphatic carbocycles. The Balaban J connectivity index is 1.65. The van der Waals surface area contributed by atoms with Crippen molar-refractivity contribution in [3.8, 4) is 5.69 Å². The zero-order valence-corrected chi connectivity index (χ0v) is 13.9. The second-order valence-electron chi connectivity index (χ2n) is 5.27. The van der Waals surface area contributed by atoms with Gasteiger partial charge < -0.3 is 5.32 Å². The van der Waals surface area contributed by atoms with Gasteiger partial charge in [-0.15, -0.1) is 0 Å². The SMILES string of the molecule is Cc1cccc(-n2ccnc2SCC(=O)Nc2cccc(F)c2)c1. The number of amides is 1. The molecule has 1 aromatic heterocycles. The van der Waals surface area contributed by atoms with Gasteiger partial charge in [-0.25, -0.2) is 9.37 Å². The highest BCUT2D eigenvalue weighted by molar-refractivity contribution is 7.99. The summed E-state index contributed by atoms with van der Waals surface area (Å²) in [6.45, 7) is 2.03. The number of nitrogens with zero attached hydrogens (tertiary/aromatic N) is 2. The van der Waals surface area contributed by atoms with Gasteiger partial charge in [0.05, 0.1) is 5.75 Å². The second-order valence-corrected chi connectivity index (χ2v) is 6.21. The van der Waals surface area contributed by atoms with E-state index in [1.165, 1.54) is 23.9 Å². The average molecular weight is 341 g/mol. The van der Waals surface area contributed by atoms with Gasteiger partial charge in [-0.3, -0.25) is 9.36 Å². The zero-order chi connectivity index (χ0) is 16.9. The highest BCUT2D eigenvalue weighted by Crippen LogP contribution is 2.21. The molecule has 4 nitrogen and oxygen atoms in total. The Morgan fingerprint density at radius 1 is 1.25 bits per heavy atom. The summed E-state index contributed by atoms with van der Waals surface area (Å²) in [6.07, 6.45) is 3.57. The number of benzene rings is 2. The summed E-state index contributed by atoms with van der Waals surface area (Å²) in [5, 5.41) is 3.41. The molecule has 0 unspecified atom stereocenters. The number of carbonyl (C=O) groups excluding carboxylic acids is 1. The number of halogens is 1. The molecule has 0 saturated carbocycles. The van der Waals surface area contributed by atoms with Gasteiger partial charge in [0.1, 0.15) is 5.82 Å². The molecule has 0 atom stereocenters. The van der Waals surface area contributed by atoms with Gasteiger partial charge >= 0.3 is 0 Å². The number of nitrogens with one attached hydrogen (secondary N) is 1. The topological polar surface area (TPSA) is 46.9 Å². The number of thioether (sulfide) groups is 1. The summed E-state index contributed by atoms with van der Waals surface area (Å²) in [6, 6.07) is 13.9. The van der Waals surface area contributed by atoms with E-state index in [2.05, 4.69) is 16.4 Å². The molecule has 0 aliphatic heterocycles. The molecule has 0 radical (unpaired) electrons. The van der Waals surface area contributed by atoms with Crippen LogP contribution >= 0.6 is 11.8 Å². The number of aromatic nitrogens is 2. The van der Waals surface area contributed by atoms with Crippen molar-refractivity contribution in [1.82, 2.24) is 9.55 Å². The van der Waals surface area contributed by atoms with Crippen molar-refractivity contribution in [3.05, 3.63) is 72.3 Å². The fourth-order valence-corrected chi connectivity index (χ4v) is 3.04. The van der Waals surface area contributed by atoms with Gasteiger partial charge in [0.25, 0.3) is 0 Å². The number of imidazole rings is 1. The Bertz CT molecular complexity index is 863. The largest absolute Gasteiger partial charge is 0.325 e. The first kappa shape index (κ1) is 16.3. The molecule has 3 rings (SSSR count). The van der Waals surface area contributed by atoms with Crippen molar-refractivity contribution >= 4 is 23.4 Å². The summed E-state index contributed by atoms with van der Waals surface area (Å²) < 4.78 is 15.1. The van der Waals surface area contributed by atoms with Crippen LogP contribution in [0.5, 0.6) is 0 Å². The van der Waals surface area contributed by atoms with Crippen LogP contribution in [0.2, 0.25) is 0 Å². The summed E-state index contributed by atoms with van der Waals surface area (Å²) in [7, 11) is 0. The van der Waals surface area contributed by atoms with Crippen molar-refractivity contribution in [2.45, 2.75) is 12.1 Å². The maximum atomic E-state index is 13.1. The fourth-order valence-electron chi connectivity index (χ4n) is 2.26. The lowest BCUT2D eigenvalue weighted by atomic mass is 10.2. The molecule has 0 saturated heterocycles. The zero-order valence-electron chi connectivity index (χ0n) is 13.1. The fraction of sp³-hybridized carbons (Fsp3) is 0.111. The number of anilines is 1. The average Bonchev–Trinajstić information content (AvgIpc) is 3.01. The summed E-state index contributed by atoms with van der Waals surface area (Å²) >= 11 is 1.33. The van der Waals surface area contributed by atoms with Crippen LogP contribution < -0.4 is 5.32 Å². The first-order chi connectivity index (χ1) is 11.6. The van der Waals surface area contributed by atoms with Crippen molar-refractivity contribution in [1.29, 1.82) is 0 Å². The van der Waals surface area contributed by atoms with Gasteiger partial charge in [0, 0.05) is 23.8 Å². The highest BCUT2D eigenvalue weighted by Gasteiger charge is 2.09. The van der Waals surface area contributed by atoms with Crippen molar-refractivity contribution < 1.29 is 9.18 Å². The van der Waals surface area contributed by atoms with Gasteiger partial charge in [-0.05, 0) is 42.8 Å². The molecule has 1 N–H and O–H groups in total. The van der Waals surface area contributed by atoms with Gasteiger partial charge in [0.15, 0.2) is 5.16 Å². The van der Waals surface area contributed by atoms with E-state index in [0.29, 0.717) is 5.69 Å². The number of hydrogen-bond donors (Lipinski definition) is 1. The van der Waals surface area contributed by atoms with Crippen LogP contribution in [-0.4, -0.2) is 21.2 Å². The molecule has 3 aromatic rings. The highest BCUT2D eigenvalue weighted by atomic mass is 32.2. The quantitative estimate of drug-likeness (QED) is 0.712. The van der Waals surface area contributed by atoms with Crippen LogP contribution in [0.3, 0.4) is 0 Å². The van der Waals surface area contributed by atoms with Gasteiger partial charge in [-0.2, -0.15) is 0 Å². The molecule has 0 bridgehead atoms. The Kier molecular flexibility index (Phi) is 4.96. The number of rotatable bonds is 5. The van der Waals surface area contributed by atoms with Gasteiger partial charge in [0.2, 0.25) is 5.91 Å². The lowest BCUT2D eigenvalue weighted by molar-refractivity contribution is -0.113. The predicted octanol–water partition coefficient (Wildman–Crippen LogP) is 4.05. The van der Waals surface area contributed by atoms with E-state index in [-0.39, 0.29) is 17.5 Å². The monoisotopic (exact) mass is 341 g/mol. The predicted molar refractivity (Wildman–Crippen MR) is 94.1 cm³/mol. The third-order valence-corrected chi connectivity index (χ3v) is 4.29. The van der Waals surface area contributed by atoms with Crippen molar-refractivity contribution in [3.63, 3.8) is 0 Å². The maximum absolute atomic E-state index is 13.1. The lowest BCUT2D eigenvalue weighted by Crippen LogP contribution is -2.14. The lowest BCUT2D eigenvalue weighted by Gasteiger charge is -2.08. The Morgan fingerprint density at radius 3 is 2.88 bits per heavy atom. The molecular weight excluding hydrogens is 325 g/mol. The molecule has 1 heterocycles. The van der Waals surface area contributed by atoms with Gasteiger partial charge in [-0.1, -0.05) is 30.0 Å². The minimum atomic E-state index is -0.379. The first-order valence-electron chi connectivity index (χ1n) is 7.40.